The third-order valence-corrected chi connectivity index (χ3v) is 8.93. The van der Waals surface area contributed by atoms with E-state index in [1.807, 2.05) is 31.2 Å². The Balaban J connectivity index is 1.44. The number of carbonyl (C=O) groups excluding carboxylic acids is 3. The van der Waals surface area contributed by atoms with Crippen LogP contribution in [0, 0.1) is 11.8 Å². The van der Waals surface area contributed by atoms with Crippen molar-refractivity contribution in [2.75, 3.05) is 11.5 Å². The number of carbonyl (C=O) groups is 3. The lowest BCUT2D eigenvalue weighted by Gasteiger charge is -2.51. The van der Waals surface area contributed by atoms with Gasteiger partial charge in [-0.15, -0.1) is 0 Å². The van der Waals surface area contributed by atoms with E-state index < -0.39 is 22.1 Å². The Bertz CT molecular complexity index is 1330. The van der Waals surface area contributed by atoms with Gasteiger partial charge in [0.2, 0.25) is 11.8 Å². The summed E-state index contributed by atoms with van der Waals surface area (Å²) in [6.07, 6.45) is 1.71. The third-order valence-electron chi connectivity index (χ3n) is 7.59. The van der Waals surface area contributed by atoms with Crippen molar-refractivity contribution >= 4 is 39.4 Å². The third kappa shape index (κ3) is 3.02. The second-order valence-electron chi connectivity index (χ2n) is 9.42. The lowest BCUT2D eigenvalue weighted by Crippen LogP contribution is -2.50. The lowest BCUT2D eigenvalue weighted by molar-refractivity contribution is -0.122. The molecule has 3 aliphatic carbocycles. The van der Waals surface area contributed by atoms with E-state index in [2.05, 4.69) is 40.2 Å². The van der Waals surface area contributed by atoms with Crippen molar-refractivity contribution in [2.24, 2.45) is 11.8 Å². The van der Waals surface area contributed by atoms with Gasteiger partial charge in [0.05, 0.1) is 34.0 Å². The Morgan fingerprint density at radius 1 is 0.943 bits per heavy atom. The van der Waals surface area contributed by atoms with Gasteiger partial charge in [0, 0.05) is 5.92 Å². The molecule has 1 heterocycles. The number of hydrogen-bond donors (Lipinski definition) is 0. The van der Waals surface area contributed by atoms with E-state index in [9.17, 15) is 14.4 Å². The first-order valence-electron chi connectivity index (χ1n) is 12.0. The standard InChI is InChI=1S/C29H24BrNO4/c1-2-3-15-35-28(34)17-9-8-10-18(16-17)31-26(32)24-23-19-11-4-6-13-21(19)29(30,25(24)27(31)33)22-14-7-5-12-20(22)23/h4-14,16,23-25H,2-3,15H2,1H3/t23?,24-,25+,29?/m1/s1. The van der Waals surface area contributed by atoms with Crippen LogP contribution >= 0.6 is 15.9 Å². The molecule has 0 unspecified atom stereocenters. The lowest BCUT2D eigenvalue weighted by atomic mass is 9.55. The summed E-state index contributed by atoms with van der Waals surface area (Å²) in [4.78, 5) is 41.8. The van der Waals surface area contributed by atoms with Crippen LogP contribution in [0.2, 0.25) is 0 Å². The van der Waals surface area contributed by atoms with Crippen molar-refractivity contribution in [3.8, 4) is 0 Å². The van der Waals surface area contributed by atoms with Crippen LogP contribution in [-0.4, -0.2) is 24.4 Å². The van der Waals surface area contributed by atoms with Crippen LogP contribution in [0.4, 0.5) is 5.69 Å². The number of halogens is 1. The highest BCUT2D eigenvalue weighted by Gasteiger charge is 2.67. The van der Waals surface area contributed by atoms with Crippen LogP contribution < -0.4 is 4.90 Å². The molecule has 176 valence electrons. The van der Waals surface area contributed by atoms with Crippen LogP contribution in [0.1, 0.15) is 58.3 Å². The number of nitrogens with zero attached hydrogens (tertiary/aromatic N) is 1. The van der Waals surface area contributed by atoms with E-state index in [4.69, 9.17) is 4.74 Å². The van der Waals surface area contributed by atoms with Gasteiger partial charge >= 0.3 is 5.97 Å². The van der Waals surface area contributed by atoms with Crippen molar-refractivity contribution < 1.29 is 19.1 Å². The molecule has 6 heteroatoms. The quantitative estimate of drug-likeness (QED) is 0.188. The monoisotopic (exact) mass is 529 g/mol. The number of alkyl halides is 1. The van der Waals surface area contributed by atoms with Crippen molar-refractivity contribution in [1.82, 2.24) is 0 Å². The molecule has 0 aromatic heterocycles. The summed E-state index contributed by atoms with van der Waals surface area (Å²) in [6, 6.07) is 22.8. The highest BCUT2D eigenvalue weighted by Crippen LogP contribution is 2.66. The molecule has 35 heavy (non-hydrogen) atoms. The van der Waals surface area contributed by atoms with E-state index >= 15 is 0 Å². The summed E-state index contributed by atoms with van der Waals surface area (Å²) < 4.78 is 4.55. The number of anilines is 1. The molecule has 4 aliphatic rings. The van der Waals surface area contributed by atoms with Crippen molar-refractivity contribution in [2.45, 2.75) is 30.0 Å². The molecule has 0 spiro atoms. The van der Waals surface area contributed by atoms with Gasteiger partial charge in [-0.3, -0.25) is 9.59 Å². The number of hydrogen-bond acceptors (Lipinski definition) is 4. The maximum Gasteiger partial charge on any atom is 0.338 e. The molecular weight excluding hydrogens is 506 g/mol. The highest BCUT2D eigenvalue weighted by molar-refractivity contribution is 9.09. The molecule has 3 aromatic rings. The Kier molecular flexibility index (Phi) is 5.18. The first-order valence-corrected chi connectivity index (χ1v) is 12.8. The first kappa shape index (κ1) is 22.2. The Morgan fingerprint density at radius 3 is 2.26 bits per heavy atom. The molecule has 2 bridgehead atoms. The number of amides is 2. The summed E-state index contributed by atoms with van der Waals surface area (Å²) in [5.74, 6) is -2.22. The molecule has 1 saturated heterocycles. The second kappa shape index (κ2) is 8.16. The van der Waals surface area contributed by atoms with Crippen LogP contribution in [0.15, 0.2) is 72.8 Å². The highest BCUT2D eigenvalue weighted by atomic mass is 79.9. The zero-order valence-corrected chi connectivity index (χ0v) is 20.8. The normalized spacial score (nSPS) is 25.8. The minimum absolute atomic E-state index is 0.199. The zero-order chi connectivity index (χ0) is 24.3. The molecule has 0 N–H and O–H groups in total. The molecule has 2 atom stereocenters. The van der Waals surface area contributed by atoms with Crippen molar-refractivity contribution in [3.63, 3.8) is 0 Å². The second-order valence-corrected chi connectivity index (χ2v) is 10.7. The number of imide groups is 1. The fraction of sp³-hybridized carbons (Fsp3) is 0.276. The van der Waals surface area contributed by atoms with Crippen LogP contribution in [0.25, 0.3) is 0 Å². The predicted molar refractivity (Wildman–Crippen MR) is 136 cm³/mol. The molecule has 0 saturated carbocycles. The number of rotatable bonds is 5. The Hall–Kier alpha value is -3.25. The first-order chi connectivity index (χ1) is 17.0. The van der Waals surface area contributed by atoms with Crippen LogP contribution in [0.3, 0.4) is 0 Å². The van der Waals surface area contributed by atoms with Gasteiger partial charge in [0.1, 0.15) is 0 Å². The fourth-order valence-corrected chi connectivity index (χ4v) is 7.30. The smallest absolute Gasteiger partial charge is 0.338 e. The summed E-state index contributed by atoms with van der Waals surface area (Å²) in [5.41, 5.74) is 4.99. The van der Waals surface area contributed by atoms with Gasteiger partial charge in [-0.2, -0.15) is 0 Å². The molecule has 1 aliphatic heterocycles. The van der Waals surface area contributed by atoms with Crippen molar-refractivity contribution in [1.29, 1.82) is 0 Å². The molecule has 2 amide bonds. The molecule has 0 radical (unpaired) electrons. The van der Waals surface area contributed by atoms with E-state index in [1.54, 1.807) is 24.3 Å². The Morgan fingerprint density at radius 2 is 1.60 bits per heavy atom. The minimum Gasteiger partial charge on any atom is -0.462 e. The number of esters is 1. The molecule has 1 fully saturated rings. The van der Waals surface area contributed by atoms with E-state index in [0.29, 0.717) is 17.9 Å². The predicted octanol–water partition coefficient (Wildman–Crippen LogP) is 5.55. The van der Waals surface area contributed by atoms with Gasteiger partial charge in [0.15, 0.2) is 0 Å². The van der Waals surface area contributed by atoms with E-state index in [0.717, 1.165) is 35.1 Å². The maximum atomic E-state index is 14.0. The zero-order valence-electron chi connectivity index (χ0n) is 19.2. The van der Waals surface area contributed by atoms with Crippen molar-refractivity contribution in [3.05, 3.63) is 101 Å². The van der Waals surface area contributed by atoms with Gasteiger partial charge in [-0.05, 0) is 46.9 Å². The summed E-state index contributed by atoms with van der Waals surface area (Å²) in [7, 11) is 0. The van der Waals surface area contributed by atoms with E-state index in [1.165, 1.54) is 4.90 Å². The molecular formula is C29H24BrNO4. The molecule has 7 rings (SSSR count). The van der Waals surface area contributed by atoms with Crippen LogP contribution in [0.5, 0.6) is 0 Å². The van der Waals surface area contributed by atoms with Gasteiger partial charge < -0.3 is 4.74 Å². The average Bonchev–Trinajstić information content (AvgIpc) is 3.16. The van der Waals surface area contributed by atoms with E-state index in [-0.39, 0.29) is 17.7 Å². The topological polar surface area (TPSA) is 63.7 Å². The fourth-order valence-electron chi connectivity index (χ4n) is 6.10. The maximum absolute atomic E-state index is 14.0. The number of ether oxygens (including phenoxy) is 1. The SMILES string of the molecule is CCCCOC(=O)c1cccc(N2C(=O)[C@@H]3C4c5ccccc5C(Br)(c5ccccc54)[C@@H]3C2=O)c1. The summed E-state index contributed by atoms with van der Waals surface area (Å²) in [5, 5.41) is 0. The summed E-state index contributed by atoms with van der Waals surface area (Å²) >= 11 is 4.00. The van der Waals surface area contributed by atoms with Gasteiger partial charge in [0.25, 0.3) is 0 Å². The number of benzene rings is 3. The largest absolute Gasteiger partial charge is 0.462 e. The minimum atomic E-state index is -0.794. The molecule has 5 nitrogen and oxygen atoms in total. The molecule has 3 aromatic carbocycles. The number of unbranched alkanes of at least 4 members (excludes halogenated alkanes) is 1. The Labute approximate surface area is 212 Å². The van der Waals surface area contributed by atoms with Gasteiger partial charge in [-0.1, -0.05) is 83.9 Å². The van der Waals surface area contributed by atoms with Crippen LogP contribution in [-0.2, 0) is 18.7 Å². The average molecular weight is 530 g/mol. The summed E-state index contributed by atoms with van der Waals surface area (Å²) in [6.45, 7) is 2.37. The van der Waals surface area contributed by atoms with Gasteiger partial charge in [-0.25, -0.2) is 9.69 Å².